The third kappa shape index (κ3) is 3.71. The van der Waals surface area contributed by atoms with Crippen molar-refractivity contribution >= 4 is 23.5 Å². The predicted octanol–water partition coefficient (Wildman–Crippen LogP) is 1.90. The molecule has 1 aliphatic carbocycles. The van der Waals surface area contributed by atoms with Gasteiger partial charge in [0.2, 0.25) is 5.91 Å². The van der Waals surface area contributed by atoms with Crippen LogP contribution in [-0.2, 0) is 10.5 Å². The summed E-state index contributed by atoms with van der Waals surface area (Å²) in [6, 6.07) is 3.83. The van der Waals surface area contributed by atoms with Crippen molar-refractivity contribution in [1.82, 2.24) is 4.98 Å². The van der Waals surface area contributed by atoms with E-state index in [1.165, 1.54) is 0 Å². The summed E-state index contributed by atoms with van der Waals surface area (Å²) in [5, 5.41) is 11.6. The molecule has 0 aromatic carbocycles. The summed E-state index contributed by atoms with van der Waals surface area (Å²) in [5.74, 6) is 2.93. The Morgan fingerprint density at radius 2 is 2.44 bits per heavy atom. The number of pyridine rings is 1. The molecule has 1 aromatic rings. The summed E-state index contributed by atoms with van der Waals surface area (Å²) in [6.07, 6.45) is 2.69. The minimum Gasteiger partial charge on any atom is -0.396 e. The summed E-state index contributed by atoms with van der Waals surface area (Å²) in [5.41, 5.74) is 1.11. The minimum atomic E-state index is 0.0789. The zero-order valence-electron chi connectivity index (χ0n) is 10.4. The molecule has 2 unspecified atom stereocenters. The molecule has 2 atom stereocenters. The van der Waals surface area contributed by atoms with Gasteiger partial charge in [-0.1, -0.05) is 6.92 Å². The van der Waals surface area contributed by atoms with Crippen molar-refractivity contribution in [2.45, 2.75) is 19.1 Å². The monoisotopic (exact) mass is 266 g/mol. The number of aliphatic hydroxyl groups excluding tert-OH is 1. The van der Waals surface area contributed by atoms with Crippen LogP contribution >= 0.6 is 11.8 Å². The quantitative estimate of drug-likeness (QED) is 0.772. The van der Waals surface area contributed by atoms with Gasteiger partial charge in [-0.2, -0.15) is 11.8 Å². The molecule has 2 rings (SSSR count). The van der Waals surface area contributed by atoms with E-state index in [-0.39, 0.29) is 18.4 Å². The normalized spacial score (nSPS) is 21.7. The number of hydrogen-bond donors (Lipinski definition) is 2. The second kappa shape index (κ2) is 6.20. The number of anilines is 1. The Morgan fingerprint density at radius 1 is 1.67 bits per heavy atom. The van der Waals surface area contributed by atoms with Gasteiger partial charge in [-0.3, -0.25) is 4.79 Å². The number of nitrogens with zero attached hydrogens (tertiary/aromatic N) is 1. The minimum absolute atomic E-state index is 0.0789. The Morgan fingerprint density at radius 3 is 3.11 bits per heavy atom. The average Bonchev–Trinajstić information content (AvgIpc) is 3.07. The summed E-state index contributed by atoms with van der Waals surface area (Å²) in [4.78, 5) is 15.9. The lowest BCUT2D eigenvalue weighted by molar-refractivity contribution is -0.117. The van der Waals surface area contributed by atoms with E-state index in [0.717, 1.165) is 23.5 Å². The van der Waals surface area contributed by atoms with Gasteiger partial charge >= 0.3 is 0 Å². The Balaban J connectivity index is 1.88. The van der Waals surface area contributed by atoms with Gasteiger partial charge in [0.1, 0.15) is 5.82 Å². The van der Waals surface area contributed by atoms with Gasteiger partial charge in [0, 0.05) is 23.6 Å². The molecule has 1 saturated carbocycles. The highest BCUT2D eigenvalue weighted by molar-refractivity contribution is 7.98. The van der Waals surface area contributed by atoms with Crippen LogP contribution in [0.3, 0.4) is 0 Å². The van der Waals surface area contributed by atoms with Crippen molar-refractivity contribution in [3.63, 3.8) is 0 Å². The number of carbonyl (C=O) groups excluding carboxylic acids is 1. The molecule has 1 fully saturated rings. The Labute approximate surface area is 111 Å². The third-order valence-corrected chi connectivity index (χ3v) is 4.03. The lowest BCUT2D eigenvalue weighted by Gasteiger charge is -2.06. The smallest absolute Gasteiger partial charge is 0.228 e. The third-order valence-electron chi connectivity index (χ3n) is 3.03. The molecule has 5 heteroatoms. The molecule has 0 bridgehead atoms. The van der Waals surface area contributed by atoms with Gasteiger partial charge in [0.15, 0.2) is 0 Å². The van der Waals surface area contributed by atoms with Gasteiger partial charge < -0.3 is 10.4 Å². The fourth-order valence-corrected chi connectivity index (χ4v) is 2.48. The maximum atomic E-state index is 11.8. The molecule has 4 nitrogen and oxygen atoms in total. The maximum Gasteiger partial charge on any atom is 0.228 e. The van der Waals surface area contributed by atoms with E-state index in [9.17, 15) is 4.79 Å². The summed E-state index contributed by atoms with van der Waals surface area (Å²) < 4.78 is 0. The highest BCUT2D eigenvalue weighted by atomic mass is 32.2. The number of nitrogens with one attached hydrogen (secondary N) is 1. The lowest BCUT2D eigenvalue weighted by atomic mass is 10.3. The van der Waals surface area contributed by atoms with Gasteiger partial charge in [-0.25, -0.2) is 4.98 Å². The summed E-state index contributed by atoms with van der Waals surface area (Å²) in [7, 11) is 0. The molecule has 1 aliphatic rings. The van der Waals surface area contributed by atoms with E-state index >= 15 is 0 Å². The van der Waals surface area contributed by atoms with Gasteiger partial charge in [-0.05, 0) is 30.0 Å². The van der Waals surface area contributed by atoms with Crippen LogP contribution in [0.2, 0.25) is 0 Å². The number of aromatic nitrogens is 1. The highest BCUT2D eigenvalue weighted by Crippen LogP contribution is 2.38. The van der Waals surface area contributed by atoms with Crippen molar-refractivity contribution in [1.29, 1.82) is 0 Å². The lowest BCUT2D eigenvalue weighted by Crippen LogP contribution is -2.15. The van der Waals surface area contributed by atoms with Crippen molar-refractivity contribution in [2.24, 2.45) is 11.8 Å². The zero-order chi connectivity index (χ0) is 13.0. The van der Waals surface area contributed by atoms with Gasteiger partial charge in [-0.15, -0.1) is 0 Å². The number of rotatable bonds is 6. The molecular formula is C13H18N2O2S. The number of carbonyl (C=O) groups is 1. The second-order valence-electron chi connectivity index (χ2n) is 4.63. The molecule has 0 radical (unpaired) electrons. The van der Waals surface area contributed by atoms with E-state index in [1.54, 1.807) is 18.0 Å². The molecule has 18 heavy (non-hydrogen) atoms. The molecule has 1 amide bonds. The van der Waals surface area contributed by atoms with E-state index in [1.807, 2.05) is 12.1 Å². The Hall–Kier alpha value is -1.07. The second-order valence-corrected chi connectivity index (χ2v) is 5.74. The molecule has 0 saturated heterocycles. The standard InChI is InChI=1S/C13H18N2O2S/c1-9-6-11(9)13(17)15-12-7-10(2-3-14-12)8-18-5-4-16/h2-3,7,9,11,16H,4-6,8H2,1H3,(H,14,15,17). The van der Waals surface area contributed by atoms with Crippen LogP contribution in [0, 0.1) is 11.8 Å². The van der Waals surface area contributed by atoms with Crippen LogP contribution in [0.4, 0.5) is 5.82 Å². The zero-order valence-corrected chi connectivity index (χ0v) is 11.2. The molecule has 0 aliphatic heterocycles. The highest BCUT2D eigenvalue weighted by Gasteiger charge is 2.39. The van der Waals surface area contributed by atoms with Crippen LogP contribution < -0.4 is 5.32 Å². The molecule has 1 aromatic heterocycles. The van der Waals surface area contributed by atoms with Crippen LogP contribution in [-0.4, -0.2) is 28.4 Å². The van der Waals surface area contributed by atoms with E-state index in [0.29, 0.717) is 11.7 Å². The molecular weight excluding hydrogens is 248 g/mol. The Bertz CT molecular complexity index is 425. The molecule has 98 valence electrons. The average molecular weight is 266 g/mol. The van der Waals surface area contributed by atoms with Gasteiger partial charge in [0.25, 0.3) is 0 Å². The van der Waals surface area contributed by atoms with Crippen molar-refractivity contribution in [2.75, 3.05) is 17.7 Å². The first-order valence-electron chi connectivity index (χ1n) is 6.15. The largest absolute Gasteiger partial charge is 0.396 e. The van der Waals surface area contributed by atoms with E-state index < -0.39 is 0 Å². The number of thioether (sulfide) groups is 1. The SMILES string of the molecule is CC1CC1C(=O)Nc1cc(CSCCO)ccn1. The summed E-state index contributed by atoms with van der Waals surface area (Å²) >= 11 is 1.66. The molecule has 1 heterocycles. The van der Waals surface area contributed by atoms with E-state index in [4.69, 9.17) is 5.11 Å². The Kier molecular flexibility index (Phi) is 4.60. The van der Waals surface area contributed by atoms with E-state index in [2.05, 4.69) is 17.2 Å². The summed E-state index contributed by atoms with van der Waals surface area (Å²) in [6.45, 7) is 2.28. The number of hydrogen-bond acceptors (Lipinski definition) is 4. The van der Waals surface area contributed by atoms with Crippen LogP contribution in [0.5, 0.6) is 0 Å². The van der Waals surface area contributed by atoms with Crippen molar-refractivity contribution in [3.05, 3.63) is 23.9 Å². The van der Waals surface area contributed by atoms with Gasteiger partial charge in [0.05, 0.1) is 6.61 Å². The number of amides is 1. The topological polar surface area (TPSA) is 62.2 Å². The van der Waals surface area contributed by atoms with Crippen LogP contribution in [0.15, 0.2) is 18.3 Å². The van der Waals surface area contributed by atoms with Crippen LogP contribution in [0.1, 0.15) is 18.9 Å². The first-order valence-corrected chi connectivity index (χ1v) is 7.30. The molecule has 0 spiro atoms. The predicted molar refractivity (Wildman–Crippen MR) is 73.4 cm³/mol. The fourth-order valence-electron chi connectivity index (χ4n) is 1.79. The maximum absolute atomic E-state index is 11.8. The molecule has 2 N–H and O–H groups in total. The first kappa shape index (κ1) is 13.4. The van der Waals surface area contributed by atoms with Crippen LogP contribution in [0.25, 0.3) is 0 Å². The fraction of sp³-hybridized carbons (Fsp3) is 0.538. The van der Waals surface area contributed by atoms with Crippen molar-refractivity contribution < 1.29 is 9.90 Å². The van der Waals surface area contributed by atoms with Crippen molar-refractivity contribution in [3.8, 4) is 0 Å². The first-order chi connectivity index (χ1) is 8.70. The number of aliphatic hydroxyl groups is 1.